The Morgan fingerprint density at radius 1 is 1.34 bits per heavy atom. The first-order chi connectivity index (χ1) is 13.7. The van der Waals surface area contributed by atoms with E-state index in [0.29, 0.717) is 5.56 Å². The summed E-state index contributed by atoms with van der Waals surface area (Å²) in [6.45, 7) is 3.04. The first kappa shape index (κ1) is 21.2. The second kappa shape index (κ2) is 9.17. The SMILES string of the molecule is CCOC(=O)c1cnc(-c2cccc([N+](=O)[O-])c2)nc1NC(=O)/C(C)=C\C(N)=O. The second-order valence-electron chi connectivity index (χ2n) is 5.67. The molecule has 11 nitrogen and oxygen atoms in total. The van der Waals surface area contributed by atoms with Crippen molar-refractivity contribution in [1.82, 2.24) is 9.97 Å². The zero-order valence-electron chi connectivity index (χ0n) is 15.5. The Bertz CT molecular complexity index is 1020. The van der Waals surface area contributed by atoms with E-state index in [-0.39, 0.29) is 35.1 Å². The molecule has 0 spiro atoms. The molecule has 11 heteroatoms. The molecule has 0 radical (unpaired) electrons. The van der Waals surface area contributed by atoms with Crippen LogP contribution >= 0.6 is 0 Å². The summed E-state index contributed by atoms with van der Waals surface area (Å²) in [5.41, 5.74) is 5.02. The van der Waals surface area contributed by atoms with E-state index in [1.807, 2.05) is 0 Å². The Morgan fingerprint density at radius 3 is 2.69 bits per heavy atom. The molecule has 0 saturated carbocycles. The number of primary amides is 1. The van der Waals surface area contributed by atoms with Crippen LogP contribution in [0.3, 0.4) is 0 Å². The lowest BCUT2D eigenvalue weighted by molar-refractivity contribution is -0.384. The average Bonchev–Trinajstić information content (AvgIpc) is 2.67. The van der Waals surface area contributed by atoms with Gasteiger partial charge in [0.1, 0.15) is 5.56 Å². The number of carbonyl (C=O) groups is 3. The first-order valence-corrected chi connectivity index (χ1v) is 8.31. The van der Waals surface area contributed by atoms with Gasteiger partial charge in [-0.2, -0.15) is 0 Å². The molecule has 2 rings (SSSR count). The van der Waals surface area contributed by atoms with E-state index in [9.17, 15) is 24.5 Å². The number of benzene rings is 1. The number of aromatic nitrogens is 2. The molecule has 0 aliphatic heterocycles. The van der Waals surface area contributed by atoms with Gasteiger partial charge >= 0.3 is 5.97 Å². The summed E-state index contributed by atoms with van der Waals surface area (Å²) in [6.07, 6.45) is 2.06. The van der Waals surface area contributed by atoms with Crippen LogP contribution in [-0.4, -0.2) is 39.3 Å². The summed E-state index contributed by atoms with van der Waals surface area (Å²) in [6, 6.07) is 5.55. The Hall–Kier alpha value is -4.15. The van der Waals surface area contributed by atoms with Gasteiger partial charge in [0, 0.05) is 35.5 Å². The lowest BCUT2D eigenvalue weighted by Gasteiger charge is -2.11. The fourth-order valence-electron chi connectivity index (χ4n) is 2.22. The van der Waals surface area contributed by atoms with Crippen LogP contribution in [0.1, 0.15) is 24.2 Å². The van der Waals surface area contributed by atoms with Crippen molar-refractivity contribution in [2.45, 2.75) is 13.8 Å². The molecule has 3 N–H and O–H groups in total. The van der Waals surface area contributed by atoms with Gasteiger partial charge in [-0.1, -0.05) is 12.1 Å². The summed E-state index contributed by atoms with van der Waals surface area (Å²) in [5.74, 6) is -2.46. The molecular formula is C18H17N5O6. The Labute approximate surface area is 164 Å². The molecule has 0 bridgehead atoms. The summed E-state index contributed by atoms with van der Waals surface area (Å²) in [4.78, 5) is 54.0. The van der Waals surface area contributed by atoms with Gasteiger partial charge in [-0.25, -0.2) is 14.8 Å². The Morgan fingerprint density at radius 2 is 2.07 bits per heavy atom. The van der Waals surface area contributed by atoms with Crippen molar-refractivity contribution in [2.24, 2.45) is 5.73 Å². The molecule has 0 fully saturated rings. The van der Waals surface area contributed by atoms with Crippen LogP contribution in [0.15, 0.2) is 42.1 Å². The highest BCUT2D eigenvalue weighted by atomic mass is 16.6. The zero-order valence-corrected chi connectivity index (χ0v) is 15.5. The number of hydrogen-bond acceptors (Lipinski definition) is 8. The van der Waals surface area contributed by atoms with Crippen LogP contribution in [0.4, 0.5) is 11.5 Å². The Balaban J connectivity index is 2.50. The molecule has 150 valence electrons. The lowest BCUT2D eigenvalue weighted by atomic mass is 10.2. The second-order valence-corrected chi connectivity index (χ2v) is 5.67. The number of ether oxygens (including phenoxy) is 1. The van der Waals surface area contributed by atoms with Gasteiger partial charge in [0.25, 0.3) is 11.6 Å². The molecule has 29 heavy (non-hydrogen) atoms. The van der Waals surface area contributed by atoms with Crippen LogP contribution in [0.5, 0.6) is 0 Å². The van der Waals surface area contributed by atoms with Crippen molar-refractivity contribution in [3.63, 3.8) is 0 Å². The van der Waals surface area contributed by atoms with Crippen LogP contribution < -0.4 is 11.1 Å². The molecule has 0 unspecified atom stereocenters. The smallest absolute Gasteiger partial charge is 0.343 e. The maximum atomic E-state index is 12.3. The van der Waals surface area contributed by atoms with Crippen molar-refractivity contribution < 1.29 is 24.0 Å². The largest absolute Gasteiger partial charge is 0.462 e. The van der Waals surface area contributed by atoms with Gasteiger partial charge < -0.3 is 15.8 Å². The van der Waals surface area contributed by atoms with Crippen LogP contribution in [0.2, 0.25) is 0 Å². The number of hydrogen-bond donors (Lipinski definition) is 2. The summed E-state index contributed by atoms with van der Waals surface area (Å²) < 4.78 is 4.92. The third kappa shape index (κ3) is 5.42. The van der Waals surface area contributed by atoms with Gasteiger partial charge in [0.15, 0.2) is 11.6 Å². The third-order valence-electron chi connectivity index (χ3n) is 3.55. The maximum Gasteiger partial charge on any atom is 0.343 e. The van der Waals surface area contributed by atoms with Crippen molar-refractivity contribution in [2.75, 3.05) is 11.9 Å². The highest BCUT2D eigenvalue weighted by molar-refractivity contribution is 6.09. The minimum absolute atomic E-state index is 0.0113. The maximum absolute atomic E-state index is 12.3. The number of anilines is 1. The molecule has 1 aromatic carbocycles. The monoisotopic (exact) mass is 399 g/mol. The van der Waals surface area contributed by atoms with Gasteiger partial charge in [-0.05, 0) is 13.8 Å². The van der Waals surface area contributed by atoms with Crippen molar-refractivity contribution in [1.29, 1.82) is 0 Å². The fourth-order valence-corrected chi connectivity index (χ4v) is 2.22. The van der Waals surface area contributed by atoms with E-state index in [4.69, 9.17) is 10.5 Å². The van der Waals surface area contributed by atoms with Crippen molar-refractivity contribution in [3.8, 4) is 11.4 Å². The summed E-state index contributed by atoms with van der Waals surface area (Å²) >= 11 is 0. The molecule has 0 aliphatic rings. The number of nitrogens with one attached hydrogen (secondary N) is 1. The zero-order chi connectivity index (χ0) is 21.6. The standard InChI is InChI=1S/C18H17N5O6/c1-3-29-18(26)13-9-20-15(11-5-4-6-12(8-11)23(27)28)21-16(13)22-17(25)10(2)7-14(19)24/h4-9H,3H2,1-2H3,(H2,19,24)(H,20,21,22,25)/b10-7-. The molecule has 2 aromatic rings. The summed E-state index contributed by atoms with van der Waals surface area (Å²) in [5, 5.41) is 13.4. The molecule has 1 aromatic heterocycles. The van der Waals surface area contributed by atoms with Crippen LogP contribution in [0.25, 0.3) is 11.4 Å². The van der Waals surface area contributed by atoms with Gasteiger partial charge in [0.05, 0.1) is 11.5 Å². The minimum atomic E-state index is -0.816. The highest BCUT2D eigenvalue weighted by Gasteiger charge is 2.20. The lowest BCUT2D eigenvalue weighted by Crippen LogP contribution is -2.20. The van der Waals surface area contributed by atoms with E-state index in [2.05, 4.69) is 15.3 Å². The number of nitrogens with two attached hydrogens (primary N) is 1. The minimum Gasteiger partial charge on any atom is -0.462 e. The molecule has 1 heterocycles. The first-order valence-electron chi connectivity index (χ1n) is 8.31. The fraction of sp³-hybridized carbons (Fsp3) is 0.167. The van der Waals surface area contributed by atoms with Crippen LogP contribution in [0, 0.1) is 10.1 Å². The van der Waals surface area contributed by atoms with E-state index in [1.165, 1.54) is 31.2 Å². The Kier molecular flexibility index (Phi) is 6.69. The third-order valence-corrected chi connectivity index (χ3v) is 3.55. The van der Waals surface area contributed by atoms with Gasteiger partial charge in [-0.3, -0.25) is 19.7 Å². The van der Waals surface area contributed by atoms with E-state index >= 15 is 0 Å². The highest BCUT2D eigenvalue weighted by Crippen LogP contribution is 2.24. The predicted molar refractivity (Wildman–Crippen MR) is 102 cm³/mol. The van der Waals surface area contributed by atoms with Crippen LogP contribution in [-0.2, 0) is 14.3 Å². The van der Waals surface area contributed by atoms with E-state index in [1.54, 1.807) is 6.92 Å². The number of nitro groups is 1. The quantitative estimate of drug-likeness (QED) is 0.306. The van der Waals surface area contributed by atoms with Crippen molar-refractivity contribution in [3.05, 3.63) is 57.8 Å². The van der Waals surface area contributed by atoms with E-state index in [0.717, 1.165) is 12.3 Å². The number of amides is 2. The van der Waals surface area contributed by atoms with Crippen molar-refractivity contribution >= 4 is 29.3 Å². The number of nitro benzene ring substituents is 1. The topological polar surface area (TPSA) is 167 Å². The number of esters is 1. The van der Waals surface area contributed by atoms with E-state index < -0.39 is 22.7 Å². The molecule has 0 aliphatic carbocycles. The molecular weight excluding hydrogens is 382 g/mol. The number of carbonyl (C=O) groups excluding carboxylic acids is 3. The van der Waals surface area contributed by atoms with Gasteiger partial charge in [0.2, 0.25) is 5.91 Å². The summed E-state index contributed by atoms with van der Waals surface area (Å²) in [7, 11) is 0. The predicted octanol–water partition coefficient (Wildman–Crippen LogP) is 1.60. The molecule has 0 saturated heterocycles. The van der Waals surface area contributed by atoms with Gasteiger partial charge in [-0.15, -0.1) is 0 Å². The normalized spacial score (nSPS) is 10.9. The average molecular weight is 399 g/mol. The number of nitrogens with zero attached hydrogens (tertiary/aromatic N) is 3. The number of rotatable bonds is 7. The number of non-ortho nitro benzene ring substituents is 1. The molecule has 2 amide bonds. The molecule has 0 atom stereocenters.